The molecule has 0 aliphatic carbocycles. The van der Waals surface area contributed by atoms with Crippen LogP contribution in [-0.4, -0.2) is 44.1 Å². The number of hydrogen-bond donors (Lipinski definition) is 1. The maximum atomic E-state index is 5.68. The molecule has 4 nitrogen and oxygen atoms in total. The number of ether oxygens (including phenoxy) is 1. The third-order valence-electron chi connectivity index (χ3n) is 4.12. The van der Waals surface area contributed by atoms with Crippen LogP contribution in [0.15, 0.2) is 29.3 Å². The molecule has 2 rings (SSSR count). The van der Waals surface area contributed by atoms with Gasteiger partial charge in [-0.05, 0) is 43.7 Å². The lowest BCUT2D eigenvalue weighted by Gasteiger charge is -2.33. The van der Waals surface area contributed by atoms with E-state index in [9.17, 15) is 0 Å². The van der Waals surface area contributed by atoms with Crippen molar-refractivity contribution in [3.63, 3.8) is 0 Å². The van der Waals surface area contributed by atoms with Gasteiger partial charge in [-0.3, -0.25) is 4.99 Å². The highest BCUT2D eigenvalue weighted by molar-refractivity contribution is 14.0. The lowest BCUT2D eigenvalue weighted by atomic mass is 10.0. The van der Waals surface area contributed by atoms with Gasteiger partial charge in [0.1, 0.15) is 5.75 Å². The largest absolute Gasteiger partial charge is 0.494 e. The first kappa shape index (κ1) is 20.1. The third-order valence-corrected chi connectivity index (χ3v) is 4.12. The van der Waals surface area contributed by atoms with E-state index < -0.39 is 0 Å². The first-order valence-electron chi connectivity index (χ1n) is 8.41. The van der Waals surface area contributed by atoms with Crippen LogP contribution in [0.1, 0.15) is 32.3 Å². The second kappa shape index (κ2) is 10.7. The van der Waals surface area contributed by atoms with Crippen LogP contribution in [0.4, 0.5) is 0 Å². The molecule has 1 aromatic carbocycles. The topological polar surface area (TPSA) is 36.9 Å². The fourth-order valence-corrected chi connectivity index (χ4v) is 3.03. The molecular weight excluding hydrogens is 401 g/mol. The highest BCUT2D eigenvalue weighted by atomic mass is 127. The summed E-state index contributed by atoms with van der Waals surface area (Å²) in [7, 11) is 1.87. The van der Waals surface area contributed by atoms with E-state index in [2.05, 4.69) is 34.3 Å². The first-order valence-corrected chi connectivity index (χ1v) is 8.41. The molecule has 1 atom stereocenters. The summed E-state index contributed by atoms with van der Waals surface area (Å²) in [6.07, 6.45) is 3.53. The molecule has 1 unspecified atom stereocenters. The average molecular weight is 431 g/mol. The quantitative estimate of drug-likeness (QED) is 0.440. The molecule has 1 aliphatic heterocycles. The molecule has 1 fully saturated rings. The Morgan fingerprint density at radius 2 is 2.17 bits per heavy atom. The number of aliphatic imine (C=N–C) groups is 1. The van der Waals surface area contributed by atoms with Gasteiger partial charge in [0.15, 0.2) is 5.96 Å². The number of guanidine groups is 1. The Morgan fingerprint density at radius 1 is 1.39 bits per heavy atom. The number of hydrogen-bond acceptors (Lipinski definition) is 2. The summed E-state index contributed by atoms with van der Waals surface area (Å²) >= 11 is 0. The Kier molecular flexibility index (Phi) is 9.36. The molecule has 1 heterocycles. The fraction of sp³-hybridized carbons (Fsp3) is 0.611. The van der Waals surface area contributed by atoms with Gasteiger partial charge < -0.3 is 15.0 Å². The van der Waals surface area contributed by atoms with Crippen molar-refractivity contribution in [2.24, 2.45) is 10.9 Å². The number of para-hydroxylation sites is 1. The summed E-state index contributed by atoms with van der Waals surface area (Å²) in [4.78, 5) is 6.81. The van der Waals surface area contributed by atoms with Crippen molar-refractivity contribution in [3.8, 4) is 5.75 Å². The van der Waals surface area contributed by atoms with Crippen LogP contribution < -0.4 is 10.1 Å². The van der Waals surface area contributed by atoms with Gasteiger partial charge in [-0.25, -0.2) is 0 Å². The summed E-state index contributed by atoms with van der Waals surface area (Å²) in [6.45, 7) is 8.14. The van der Waals surface area contributed by atoms with Crippen LogP contribution in [0, 0.1) is 5.92 Å². The van der Waals surface area contributed by atoms with E-state index in [1.807, 2.05) is 26.1 Å². The number of benzene rings is 1. The Morgan fingerprint density at radius 3 is 2.87 bits per heavy atom. The highest BCUT2D eigenvalue weighted by Crippen LogP contribution is 2.18. The summed E-state index contributed by atoms with van der Waals surface area (Å²) in [5.41, 5.74) is 1.25. The molecule has 0 radical (unpaired) electrons. The molecule has 0 amide bonds. The van der Waals surface area contributed by atoms with Crippen molar-refractivity contribution in [2.45, 2.75) is 33.1 Å². The van der Waals surface area contributed by atoms with Crippen molar-refractivity contribution in [2.75, 3.05) is 33.3 Å². The van der Waals surface area contributed by atoms with E-state index in [-0.39, 0.29) is 24.0 Å². The molecule has 1 saturated heterocycles. The van der Waals surface area contributed by atoms with E-state index in [0.29, 0.717) is 6.61 Å². The second-order valence-corrected chi connectivity index (χ2v) is 5.96. The first-order chi connectivity index (χ1) is 10.7. The minimum absolute atomic E-state index is 0. The fourth-order valence-electron chi connectivity index (χ4n) is 3.03. The van der Waals surface area contributed by atoms with Crippen LogP contribution in [-0.2, 0) is 6.42 Å². The maximum absolute atomic E-state index is 5.68. The van der Waals surface area contributed by atoms with Gasteiger partial charge >= 0.3 is 0 Å². The van der Waals surface area contributed by atoms with Crippen molar-refractivity contribution < 1.29 is 4.74 Å². The zero-order valence-corrected chi connectivity index (χ0v) is 16.9. The molecule has 1 aliphatic rings. The van der Waals surface area contributed by atoms with Gasteiger partial charge in [0.2, 0.25) is 0 Å². The number of halogens is 1. The Hall–Kier alpha value is -0.980. The predicted octanol–water partition coefficient (Wildman–Crippen LogP) is 3.55. The zero-order valence-electron chi connectivity index (χ0n) is 14.5. The van der Waals surface area contributed by atoms with E-state index in [1.54, 1.807) is 0 Å². The van der Waals surface area contributed by atoms with Gasteiger partial charge in [-0.1, -0.05) is 25.1 Å². The van der Waals surface area contributed by atoms with Crippen LogP contribution in [0.3, 0.4) is 0 Å². The van der Waals surface area contributed by atoms with Crippen molar-refractivity contribution >= 4 is 29.9 Å². The van der Waals surface area contributed by atoms with Crippen molar-refractivity contribution in [3.05, 3.63) is 29.8 Å². The van der Waals surface area contributed by atoms with Crippen LogP contribution in [0.2, 0.25) is 0 Å². The normalized spacial score (nSPS) is 18.3. The van der Waals surface area contributed by atoms with Gasteiger partial charge in [0.05, 0.1) is 6.61 Å². The number of nitrogens with one attached hydrogen (secondary N) is 1. The van der Waals surface area contributed by atoms with Crippen molar-refractivity contribution in [1.29, 1.82) is 0 Å². The summed E-state index contributed by atoms with van der Waals surface area (Å²) in [6, 6.07) is 8.27. The van der Waals surface area contributed by atoms with Gasteiger partial charge in [-0.2, -0.15) is 0 Å². The van der Waals surface area contributed by atoms with Gasteiger partial charge in [0.25, 0.3) is 0 Å². The maximum Gasteiger partial charge on any atom is 0.193 e. The van der Waals surface area contributed by atoms with Crippen LogP contribution in [0.25, 0.3) is 0 Å². The molecule has 23 heavy (non-hydrogen) atoms. The number of likely N-dealkylation sites (tertiary alicyclic amines) is 1. The molecule has 1 aromatic rings. The predicted molar refractivity (Wildman–Crippen MR) is 108 cm³/mol. The second-order valence-electron chi connectivity index (χ2n) is 5.96. The highest BCUT2D eigenvalue weighted by Gasteiger charge is 2.18. The Balaban J connectivity index is 0.00000264. The Bertz CT molecular complexity index is 493. The van der Waals surface area contributed by atoms with E-state index in [1.165, 1.54) is 18.4 Å². The SMILES string of the molecule is CCOc1ccccc1CCNC(=NC)N1CCCC(C)C1.I. The van der Waals surface area contributed by atoms with Crippen LogP contribution in [0.5, 0.6) is 5.75 Å². The number of rotatable bonds is 5. The monoisotopic (exact) mass is 431 g/mol. The summed E-state index contributed by atoms with van der Waals surface area (Å²) < 4.78 is 5.68. The molecule has 0 saturated carbocycles. The molecule has 0 aromatic heterocycles. The average Bonchev–Trinajstić information content (AvgIpc) is 2.53. The standard InChI is InChI=1S/C18H29N3O.HI/c1-4-22-17-10-6-5-9-16(17)11-12-20-18(19-3)21-13-7-8-15(2)14-21;/h5-6,9-10,15H,4,7-8,11-14H2,1-3H3,(H,19,20);1H. The minimum Gasteiger partial charge on any atom is -0.494 e. The lowest BCUT2D eigenvalue weighted by molar-refractivity contribution is 0.266. The minimum atomic E-state index is 0. The van der Waals surface area contributed by atoms with E-state index >= 15 is 0 Å². The zero-order chi connectivity index (χ0) is 15.8. The summed E-state index contributed by atoms with van der Waals surface area (Å²) in [5.74, 6) is 2.78. The smallest absolute Gasteiger partial charge is 0.193 e. The Labute approximate surface area is 157 Å². The van der Waals surface area contributed by atoms with Crippen LogP contribution >= 0.6 is 24.0 Å². The number of nitrogens with zero attached hydrogens (tertiary/aromatic N) is 2. The molecule has 5 heteroatoms. The molecule has 1 N–H and O–H groups in total. The van der Waals surface area contributed by atoms with E-state index in [0.717, 1.165) is 43.7 Å². The third kappa shape index (κ3) is 6.20. The molecular formula is C18H30IN3O. The van der Waals surface area contributed by atoms with Gasteiger partial charge in [0, 0.05) is 26.7 Å². The van der Waals surface area contributed by atoms with E-state index in [4.69, 9.17) is 4.74 Å². The molecule has 0 spiro atoms. The van der Waals surface area contributed by atoms with Gasteiger partial charge in [-0.15, -0.1) is 24.0 Å². The lowest BCUT2D eigenvalue weighted by Crippen LogP contribution is -2.46. The molecule has 130 valence electrons. The van der Waals surface area contributed by atoms with Crippen molar-refractivity contribution in [1.82, 2.24) is 10.2 Å². The number of piperidine rings is 1. The molecule has 0 bridgehead atoms. The summed E-state index contributed by atoms with van der Waals surface area (Å²) in [5, 5.41) is 3.50.